The Bertz CT molecular complexity index is 2230. The van der Waals surface area contributed by atoms with Gasteiger partial charge >= 0.3 is 0 Å². The summed E-state index contributed by atoms with van der Waals surface area (Å²) in [6.45, 7) is 8.32. The van der Waals surface area contributed by atoms with Crippen LogP contribution in [0.5, 0.6) is 11.5 Å². The Hall–Kier alpha value is -6.14. The minimum Gasteiger partial charge on any atom is -0.872 e. The first kappa shape index (κ1) is 33.7. The monoisotopic (exact) mass is 656 g/mol. The van der Waals surface area contributed by atoms with Crippen LogP contribution in [0.25, 0.3) is 10.9 Å². The molecule has 0 N–H and O–H groups in total. The molecule has 0 radical (unpaired) electrons. The molecule has 0 unspecified atom stereocenters. The highest BCUT2D eigenvalue weighted by atomic mass is 16.3. The maximum absolute atomic E-state index is 13.1. The van der Waals surface area contributed by atoms with Gasteiger partial charge in [0.05, 0.1) is 17.9 Å². The van der Waals surface area contributed by atoms with Gasteiger partial charge in [-0.2, -0.15) is 10.2 Å². The average Bonchev–Trinajstić information content (AvgIpc) is 3.82. The lowest BCUT2D eigenvalue weighted by atomic mass is 9.77. The van der Waals surface area contributed by atoms with E-state index in [4.69, 9.17) is 0 Å². The summed E-state index contributed by atoms with van der Waals surface area (Å²) in [5.74, 6) is 0.0452. The molecule has 0 aliphatic carbocycles. The van der Waals surface area contributed by atoms with Gasteiger partial charge < -0.3 is 10.2 Å². The van der Waals surface area contributed by atoms with Gasteiger partial charge in [0.1, 0.15) is 0 Å². The molecule has 250 valence electrons. The van der Waals surface area contributed by atoms with Crippen LogP contribution in [0.2, 0.25) is 0 Å². The smallest absolute Gasteiger partial charge is 0.0718 e. The van der Waals surface area contributed by atoms with Crippen LogP contribution in [0, 0.1) is 0 Å². The zero-order chi connectivity index (χ0) is 35.1. The van der Waals surface area contributed by atoms with Crippen molar-refractivity contribution in [1.82, 2.24) is 9.35 Å². The maximum atomic E-state index is 13.1. The summed E-state index contributed by atoms with van der Waals surface area (Å²) in [7, 11) is 0. The number of rotatable bonds is 8. The minimum atomic E-state index is -0.373. The summed E-state index contributed by atoms with van der Waals surface area (Å²) in [6.07, 6.45) is 8.84. The van der Waals surface area contributed by atoms with E-state index in [2.05, 4.69) is 62.2 Å². The predicted molar refractivity (Wildman–Crippen MR) is 201 cm³/mol. The topological polar surface area (TPSA) is 80.7 Å². The Labute approximate surface area is 293 Å². The molecule has 50 heavy (non-hydrogen) atoms. The van der Waals surface area contributed by atoms with Crippen molar-refractivity contribution in [2.75, 3.05) is 0 Å². The van der Waals surface area contributed by atoms with Crippen molar-refractivity contribution in [3.63, 3.8) is 0 Å². The molecule has 7 aromatic rings. The van der Waals surface area contributed by atoms with Gasteiger partial charge in [-0.05, 0) is 57.6 Å². The molecule has 6 nitrogen and oxygen atoms in total. The van der Waals surface area contributed by atoms with E-state index in [0.29, 0.717) is 11.1 Å². The van der Waals surface area contributed by atoms with Gasteiger partial charge in [-0.25, -0.2) is 9.35 Å². The Morgan fingerprint density at radius 3 is 1.50 bits per heavy atom. The van der Waals surface area contributed by atoms with Crippen molar-refractivity contribution in [2.24, 2.45) is 10.2 Å². The number of hydrogen-bond acceptors (Lipinski definition) is 4. The van der Waals surface area contributed by atoms with Gasteiger partial charge in [-0.3, -0.25) is 0 Å². The molecule has 0 amide bonds. The normalized spacial score (nSPS) is 12.0. The quantitative estimate of drug-likeness (QED) is 0.153. The molecular formula is C44H40N4O2-2. The lowest BCUT2D eigenvalue weighted by Gasteiger charge is -2.31. The Morgan fingerprint density at radius 2 is 0.960 bits per heavy atom. The summed E-state index contributed by atoms with van der Waals surface area (Å²) in [5, 5.41) is 35.9. The van der Waals surface area contributed by atoms with E-state index in [1.807, 2.05) is 128 Å². The average molecular weight is 657 g/mol. The molecule has 2 aromatic heterocycles. The summed E-state index contributed by atoms with van der Waals surface area (Å²) in [5.41, 5.74) is 5.27. The SMILES string of the molecule is CC(C)(c1ccccc1)c1cccc(/C=N/n2ccc3ccccc32)c1[O-].CC(C)(c1ccccc1)c1cccc(/C=N/n2cccc2)c1[O-]. The van der Waals surface area contributed by atoms with Gasteiger partial charge in [-0.15, -0.1) is 0 Å². The van der Waals surface area contributed by atoms with Crippen LogP contribution in [0.1, 0.15) is 61.1 Å². The lowest BCUT2D eigenvalue weighted by molar-refractivity contribution is -0.270. The highest BCUT2D eigenvalue weighted by Crippen LogP contribution is 2.38. The number of benzene rings is 5. The second-order valence-electron chi connectivity index (χ2n) is 13.2. The van der Waals surface area contributed by atoms with E-state index in [1.165, 1.54) is 0 Å². The van der Waals surface area contributed by atoms with Crippen molar-refractivity contribution in [3.05, 3.63) is 191 Å². The lowest BCUT2D eigenvalue weighted by Crippen LogP contribution is -2.21. The third-order valence-electron chi connectivity index (χ3n) is 9.25. The molecule has 6 heteroatoms. The van der Waals surface area contributed by atoms with Crippen LogP contribution < -0.4 is 10.2 Å². The third kappa shape index (κ3) is 7.15. The number of nitrogens with zero attached hydrogens (tertiary/aromatic N) is 4. The first-order valence-electron chi connectivity index (χ1n) is 16.7. The highest BCUT2D eigenvalue weighted by Gasteiger charge is 2.25. The summed E-state index contributed by atoms with van der Waals surface area (Å²) in [6, 6.07) is 45.3. The van der Waals surface area contributed by atoms with E-state index < -0.39 is 0 Å². The van der Waals surface area contributed by atoms with Crippen LogP contribution in [-0.4, -0.2) is 21.8 Å². The zero-order valence-corrected chi connectivity index (χ0v) is 28.8. The second kappa shape index (κ2) is 14.5. The van der Waals surface area contributed by atoms with E-state index in [9.17, 15) is 10.2 Å². The van der Waals surface area contributed by atoms with Crippen molar-refractivity contribution in [2.45, 2.75) is 38.5 Å². The molecule has 0 bridgehead atoms. The van der Waals surface area contributed by atoms with Crippen LogP contribution >= 0.6 is 0 Å². The summed E-state index contributed by atoms with van der Waals surface area (Å²) < 4.78 is 3.47. The van der Waals surface area contributed by atoms with E-state index in [0.717, 1.165) is 33.2 Å². The van der Waals surface area contributed by atoms with Gasteiger partial charge in [0, 0.05) is 34.8 Å². The van der Waals surface area contributed by atoms with Crippen molar-refractivity contribution in [1.29, 1.82) is 0 Å². The van der Waals surface area contributed by atoms with Crippen molar-refractivity contribution in [3.8, 4) is 11.5 Å². The first-order valence-corrected chi connectivity index (χ1v) is 16.7. The number of aromatic nitrogens is 2. The molecule has 0 spiro atoms. The molecule has 7 rings (SSSR count). The minimum absolute atomic E-state index is 0.0200. The van der Waals surface area contributed by atoms with Crippen LogP contribution in [0.15, 0.2) is 168 Å². The van der Waals surface area contributed by atoms with Gasteiger partial charge in [-0.1, -0.05) is 154 Å². The molecule has 5 aromatic carbocycles. The molecule has 2 heterocycles. The van der Waals surface area contributed by atoms with Gasteiger partial charge in [0.15, 0.2) is 0 Å². The number of fused-ring (bicyclic) bond motifs is 1. The zero-order valence-electron chi connectivity index (χ0n) is 28.8. The fourth-order valence-electron chi connectivity index (χ4n) is 6.14. The van der Waals surface area contributed by atoms with Crippen molar-refractivity contribution < 1.29 is 10.2 Å². The standard InChI is InChI=1S/C24H22N2O.C20H20N2O/c1-24(2,20-11-4-3-5-12-20)21-13-8-10-19(23(21)27)17-25-26-16-15-18-9-6-7-14-22(18)26;1-20(2,17-10-4-3-5-11-17)18-12-8-9-16(19(18)23)15-21-22-13-6-7-14-22/h3-17,27H,1-2H3;3-15,23H,1-2H3/p-2/b25-17+;21-15+. The summed E-state index contributed by atoms with van der Waals surface area (Å²) >= 11 is 0. The Balaban J connectivity index is 0.000000175. The molecule has 0 fully saturated rings. The fraction of sp³-hybridized carbons (Fsp3) is 0.136. The van der Waals surface area contributed by atoms with Crippen LogP contribution in [0.3, 0.4) is 0 Å². The molecule has 0 saturated heterocycles. The van der Waals surface area contributed by atoms with Crippen LogP contribution in [0.4, 0.5) is 0 Å². The first-order chi connectivity index (χ1) is 24.2. The third-order valence-corrected chi connectivity index (χ3v) is 9.25. The molecule has 0 atom stereocenters. The Morgan fingerprint density at radius 1 is 0.480 bits per heavy atom. The van der Waals surface area contributed by atoms with E-state index >= 15 is 0 Å². The van der Waals surface area contributed by atoms with Crippen LogP contribution in [-0.2, 0) is 10.8 Å². The predicted octanol–water partition coefficient (Wildman–Crippen LogP) is 8.69. The highest BCUT2D eigenvalue weighted by molar-refractivity contribution is 5.86. The second-order valence-corrected chi connectivity index (χ2v) is 13.2. The van der Waals surface area contributed by atoms with Gasteiger partial charge in [0.2, 0.25) is 0 Å². The molecule has 0 aliphatic heterocycles. The van der Waals surface area contributed by atoms with E-state index in [1.54, 1.807) is 27.8 Å². The van der Waals surface area contributed by atoms with E-state index in [-0.39, 0.29) is 22.3 Å². The van der Waals surface area contributed by atoms with Crippen molar-refractivity contribution >= 4 is 23.3 Å². The molecular weight excluding hydrogens is 617 g/mol. The molecule has 0 aliphatic rings. The fourth-order valence-corrected chi connectivity index (χ4v) is 6.14. The molecule has 0 saturated carbocycles. The maximum Gasteiger partial charge on any atom is 0.0718 e. The van der Waals surface area contributed by atoms with Gasteiger partial charge in [0.25, 0.3) is 0 Å². The summed E-state index contributed by atoms with van der Waals surface area (Å²) in [4.78, 5) is 0. The number of hydrogen-bond donors (Lipinski definition) is 0. The number of para-hydroxylation sites is 3. The largest absolute Gasteiger partial charge is 0.872 e. The Kier molecular flexibility index (Phi) is 9.82.